The number of Topliss-reactive ketones (excluding diaryl/α,β-unsaturated/α-hetero) is 1. The number of fused-ring (bicyclic) bond motifs is 4. The summed E-state index contributed by atoms with van der Waals surface area (Å²) in [7, 11) is 0. The van der Waals surface area contributed by atoms with Crippen LogP contribution in [-0.2, 0) is 14.3 Å². The average molecular weight is 535 g/mol. The lowest BCUT2D eigenvalue weighted by molar-refractivity contribution is -0.162. The standard InChI is InChI=1S/C34H46O5/c1-18-10-9-11-19(2)27-21(4)14-24-25(35)13-12-20(3)28(24)33(27,8)29(36)26-30(37)34(39-31(26)38)17-23(6)22(5)16-32(34,7)15-18/h11,14-16,20,23-25,27-28,35-36H,9-10,12-13,17H2,1-8H3/b18-15+,19-11+,29-26?/t20-,23+,24+,25+,27+,28-,32-,33-,34+/m0/s1. The zero-order valence-electron chi connectivity index (χ0n) is 24.9. The Morgan fingerprint density at radius 2 is 1.67 bits per heavy atom. The number of carbonyl (C=O) groups is 2. The van der Waals surface area contributed by atoms with Crippen LogP contribution in [0.4, 0.5) is 0 Å². The number of aliphatic hydroxyl groups excluding tert-OH is 2. The Morgan fingerprint density at radius 1 is 0.974 bits per heavy atom. The molecule has 1 aliphatic heterocycles. The predicted octanol–water partition coefficient (Wildman–Crippen LogP) is 6.95. The number of ether oxygens (including phenoxy) is 1. The van der Waals surface area contributed by atoms with Crippen molar-refractivity contribution in [1.29, 1.82) is 0 Å². The van der Waals surface area contributed by atoms with Crippen LogP contribution in [0.25, 0.3) is 0 Å². The van der Waals surface area contributed by atoms with Gasteiger partial charge in [-0.1, -0.05) is 67.4 Å². The maximum Gasteiger partial charge on any atom is 0.346 e. The molecule has 212 valence electrons. The molecule has 1 saturated heterocycles. The summed E-state index contributed by atoms with van der Waals surface area (Å²) in [6, 6.07) is 0. The van der Waals surface area contributed by atoms with Gasteiger partial charge in [0.2, 0.25) is 5.78 Å². The fourth-order valence-electron chi connectivity index (χ4n) is 9.27. The topological polar surface area (TPSA) is 83.8 Å². The fraction of sp³-hybridized carbons (Fsp3) is 0.647. The van der Waals surface area contributed by atoms with Gasteiger partial charge in [-0.25, -0.2) is 4.79 Å². The lowest BCUT2D eigenvalue weighted by atomic mass is 9.49. The molecule has 0 aromatic carbocycles. The number of allylic oxidation sites excluding steroid dienone is 6. The Hall–Kier alpha value is -2.40. The van der Waals surface area contributed by atoms with Crippen molar-refractivity contribution in [2.75, 3.05) is 0 Å². The number of ketones is 1. The zero-order chi connectivity index (χ0) is 28.7. The van der Waals surface area contributed by atoms with E-state index in [9.17, 15) is 19.8 Å². The van der Waals surface area contributed by atoms with E-state index in [2.05, 4.69) is 65.8 Å². The average Bonchev–Trinajstić information content (AvgIpc) is 3.09. The zero-order valence-corrected chi connectivity index (χ0v) is 24.9. The Labute approximate surface area is 233 Å². The van der Waals surface area contributed by atoms with E-state index in [1.54, 1.807) is 0 Å². The summed E-state index contributed by atoms with van der Waals surface area (Å²) in [5, 5.41) is 23.5. The first-order valence-electron chi connectivity index (χ1n) is 14.8. The Bertz CT molecular complexity index is 1260. The molecular weight excluding hydrogens is 488 g/mol. The molecule has 5 nitrogen and oxygen atoms in total. The highest BCUT2D eigenvalue weighted by atomic mass is 16.6. The molecule has 0 aromatic rings. The molecule has 0 amide bonds. The highest BCUT2D eigenvalue weighted by molar-refractivity contribution is 6.26. The van der Waals surface area contributed by atoms with Gasteiger partial charge in [-0.05, 0) is 78.1 Å². The van der Waals surface area contributed by atoms with E-state index in [0.717, 1.165) is 36.0 Å². The van der Waals surface area contributed by atoms with Crippen LogP contribution in [0.3, 0.4) is 0 Å². The van der Waals surface area contributed by atoms with Gasteiger partial charge >= 0.3 is 5.97 Å². The van der Waals surface area contributed by atoms with Crippen molar-refractivity contribution < 1.29 is 24.5 Å². The van der Waals surface area contributed by atoms with Crippen LogP contribution in [0, 0.1) is 40.4 Å². The minimum Gasteiger partial charge on any atom is -0.511 e. The molecule has 9 atom stereocenters. The number of esters is 1. The Kier molecular flexibility index (Phi) is 6.73. The second-order valence-electron chi connectivity index (χ2n) is 13.9. The molecule has 2 bridgehead atoms. The Morgan fingerprint density at radius 3 is 2.36 bits per heavy atom. The third-order valence-electron chi connectivity index (χ3n) is 11.2. The van der Waals surface area contributed by atoms with Gasteiger partial charge in [-0.15, -0.1) is 0 Å². The summed E-state index contributed by atoms with van der Waals surface area (Å²) in [5.74, 6) is -1.51. The maximum absolute atomic E-state index is 14.6. The predicted molar refractivity (Wildman–Crippen MR) is 153 cm³/mol. The summed E-state index contributed by atoms with van der Waals surface area (Å²) >= 11 is 0. The van der Waals surface area contributed by atoms with Gasteiger partial charge in [0.1, 0.15) is 11.3 Å². The number of rotatable bonds is 0. The number of carbonyl (C=O) groups excluding carboxylic acids is 2. The van der Waals surface area contributed by atoms with Gasteiger partial charge in [0.25, 0.3) is 0 Å². The van der Waals surface area contributed by atoms with Crippen molar-refractivity contribution in [3.63, 3.8) is 0 Å². The minimum atomic E-state index is -1.40. The third kappa shape index (κ3) is 3.89. The van der Waals surface area contributed by atoms with E-state index in [-0.39, 0.29) is 40.9 Å². The summed E-state index contributed by atoms with van der Waals surface area (Å²) in [6.45, 7) is 16.6. The van der Waals surface area contributed by atoms with Gasteiger partial charge in [0.05, 0.1) is 11.5 Å². The van der Waals surface area contributed by atoms with E-state index in [4.69, 9.17) is 4.74 Å². The first-order chi connectivity index (χ1) is 18.2. The number of aliphatic hydroxyl groups is 2. The van der Waals surface area contributed by atoms with Crippen molar-refractivity contribution in [1.82, 2.24) is 0 Å². The highest BCUT2D eigenvalue weighted by Gasteiger charge is 2.66. The molecule has 5 rings (SSSR count). The van der Waals surface area contributed by atoms with Crippen molar-refractivity contribution in [2.24, 2.45) is 40.4 Å². The summed E-state index contributed by atoms with van der Waals surface area (Å²) in [6.07, 6.45) is 11.7. The van der Waals surface area contributed by atoms with Gasteiger partial charge in [0.15, 0.2) is 5.60 Å². The molecule has 2 N–H and O–H groups in total. The summed E-state index contributed by atoms with van der Waals surface area (Å²) in [4.78, 5) is 28.4. The molecule has 39 heavy (non-hydrogen) atoms. The normalized spacial score (nSPS) is 47.4. The lowest BCUT2D eigenvalue weighted by Gasteiger charge is -2.55. The number of hydrogen-bond donors (Lipinski definition) is 2. The molecule has 1 spiro atoms. The van der Waals surface area contributed by atoms with Gasteiger partial charge in [-0.2, -0.15) is 0 Å². The molecule has 1 saturated carbocycles. The van der Waals surface area contributed by atoms with Crippen molar-refractivity contribution >= 4 is 11.8 Å². The second kappa shape index (κ2) is 9.33. The molecule has 5 heteroatoms. The van der Waals surface area contributed by atoms with E-state index in [0.29, 0.717) is 12.8 Å². The number of hydrogen-bond acceptors (Lipinski definition) is 5. The SMILES string of the molecule is CC1=C[C@]2(C)/C=C(\C)CC/C=C(\C)[C@@H]3C(C)=C[C@H]4[C@H]([C@@H](C)CC[C@H]4O)[C@@]3(C)C(O)=C3C(=O)O[C@]2(C[C@H]1C)C3=O. The molecule has 0 radical (unpaired) electrons. The smallest absolute Gasteiger partial charge is 0.346 e. The van der Waals surface area contributed by atoms with E-state index in [1.165, 1.54) is 5.57 Å². The molecule has 0 aromatic heterocycles. The molecular formula is C34H46O5. The molecule has 5 aliphatic rings. The lowest BCUT2D eigenvalue weighted by Crippen LogP contribution is -2.54. The summed E-state index contributed by atoms with van der Waals surface area (Å²) < 4.78 is 6.20. The van der Waals surface area contributed by atoms with Crippen LogP contribution in [0.15, 0.2) is 57.9 Å². The monoisotopic (exact) mass is 534 g/mol. The first kappa shape index (κ1) is 28.1. The van der Waals surface area contributed by atoms with Gasteiger partial charge in [-0.3, -0.25) is 4.79 Å². The van der Waals surface area contributed by atoms with Crippen LogP contribution in [0.1, 0.15) is 87.5 Å². The summed E-state index contributed by atoms with van der Waals surface area (Å²) in [5.41, 5.74) is 1.15. The first-order valence-corrected chi connectivity index (χ1v) is 14.8. The van der Waals surface area contributed by atoms with Crippen LogP contribution >= 0.6 is 0 Å². The van der Waals surface area contributed by atoms with Crippen LogP contribution in [0.5, 0.6) is 0 Å². The highest BCUT2D eigenvalue weighted by Crippen LogP contribution is 2.62. The third-order valence-corrected chi connectivity index (χ3v) is 11.2. The quantitative estimate of drug-likeness (QED) is 0.200. The van der Waals surface area contributed by atoms with Crippen LogP contribution in [-0.4, -0.2) is 33.7 Å². The fourth-order valence-corrected chi connectivity index (χ4v) is 9.27. The van der Waals surface area contributed by atoms with Crippen LogP contribution in [0.2, 0.25) is 0 Å². The second-order valence-corrected chi connectivity index (χ2v) is 13.9. The molecule has 2 fully saturated rings. The molecule has 0 unspecified atom stereocenters. The van der Waals surface area contributed by atoms with Gasteiger partial charge in [0, 0.05) is 23.7 Å². The van der Waals surface area contributed by atoms with Crippen molar-refractivity contribution in [3.8, 4) is 0 Å². The van der Waals surface area contributed by atoms with Crippen LogP contribution < -0.4 is 0 Å². The van der Waals surface area contributed by atoms with E-state index in [1.807, 2.05) is 13.8 Å². The van der Waals surface area contributed by atoms with E-state index < -0.39 is 34.3 Å². The Balaban J connectivity index is 1.82. The minimum absolute atomic E-state index is 0.0608. The largest absolute Gasteiger partial charge is 0.511 e. The van der Waals surface area contributed by atoms with E-state index >= 15 is 0 Å². The van der Waals surface area contributed by atoms with Gasteiger partial charge < -0.3 is 14.9 Å². The maximum atomic E-state index is 14.6. The molecule has 4 aliphatic carbocycles. The molecule has 1 heterocycles. The van der Waals surface area contributed by atoms with Crippen molar-refractivity contribution in [2.45, 2.75) is 99.2 Å². The van der Waals surface area contributed by atoms with Crippen molar-refractivity contribution in [3.05, 3.63) is 57.9 Å².